The van der Waals surface area contributed by atoms with Gasteiger partial charge in [0.1, 0.15) is 5.82 Å². The zero-order valence-electron chi connectivity index (χ0n) is 11.3. The van der Waals surface area contributed by atoms with Crippen molar-refractivity contribution in [1.29, 1.82) is 5.26 Å². The zero-order valence-corrected chi connectivity index (χ0v) is 13.6. The highest BCUT2D eigenvalue weighted by Crippen LogP contribution is 2.27. The Hall–Kier alpha value is -1.36. The molecule has 0 aromatic heterocycles. The van der Waals surface area contributed by atoms with E-state index in [2.05, 4.69) is 15.6 Å². The van der Waals surface area contributed by atoms with Crippen molar-refractivity contribution in [3.8, 4) is 6.07 Å². The summed E-state index contributed by atoms with van der Waals surface area (Å²) >= 11 is 0. The number of guanidine groups is 1. The molecule has 1 saturated carbocycles. The Bertz CT molecular complexity index is 520. The normalized spacial score (nSPS) is 14.2. The molecule has 2 rings (SSSR count). The van der Waals surface area contributed by atoms with E-state index >= 15 is 0 Å². The van der Waals surface area contributed by atoms with Gasteiger partial charge in [-0.25, -0.2) is 4.39 Å². The number of aliphatic imine (C=N–C) groups is 1. The van der Waals surface area contributed by atoms with Crippen LogP contribution in [0.5, 0.6) is 0 Å². The Morgan fingerprint density at radius 3 is 2.75 bits per heavy atom. The van der Waals surface area contributed by atoms with E-state index in [4.69, 9.17) is 5.26 Å². The fraction of sp³-hybridized carbons (Fsp3) is 0.429. The molecule has 0 unspecified atom stereocenters. The van der Waals surface area contributed by atoms with Gasteiger partial charge in [0.2, 0.25) is 0 Å². The van der Waals surface area contributed by atoms with E-state index in [-0.39, 0.29) is 29.8 Å². The van der Waals surface area contributed by atoms with Crippen LogP contribution in [0.2, 0.25) is 0 Å². The van der Waals surface area contributed by atoms with E-state index in [1.807, 2.05) is 6.07 Å². The van der Waals surface area contributed by atoms with Crippen molar-refractivity contribution in [3.63, 3.8) is 0 Å². The number of benzene rings is 1. The van der Waals surface area contributed by atoms with Gasteiger partial charge in [-0.05, 0) is 30.9 Å². The third-order valence-electron chi connectivity index (χ3n) is 3.11. The average Bonchev–Trinajstić information content (AvgIpc) is 3.24. The summed E-state index contributed by atoms with van der Waals surface area (Å²) in [6, 6.07) is 6.39. The van der Waals surface area contributed by atoms with Crippen LogP contribution in [0.4, 0.5) is 4.39 Å². The second-order valence-electron chi connectivity index (χ2n) is 4.67. The predicted octanol–water partition coefficient (Wildman–Crippen LogP) is 2.39. The van der Waals surface area contributed by atoms with Gasteiger partial charge in [-0.15, -0.1) is 24.0 Å². The summed E-state index contributed by atoms with van der Waals surface area (Å²) in [5, 5.41) is 14.9. The summed E-state index contributed by atoms with van der Waals surface area (Å²) in [7, 11) is 1.69. The minimum absolute atomic E-state index is 0. The molecular formula is C14H18FIN4. The van der Waals surface area contributed by atoms with Crippen molar-refractivity contribution in [2.45, 2.75) is 19.4 Å². The van der Waals surface area contributed by atoms with Crippen LogP contribution in [0.3, 0.4) is 0 Å². The summed E-state index contributed by atoms with van der Waals surface area (Å²) < 4.78 is 13.7. The van der Waals surface area contributed by atoms with Gasteiger partial charge in [0.15, 0.2) is 5.96 Å². The number of nitriles is 1. The molecule has 1 fully saturated rings. The lowest BCUT2D eigenvalue weighted by atomic mass is 10.1. The molecule has 0 atom stereocenters. The predicted molar refractivity (Wildman–Crippen MR) is 87.5 cm³/mol. The quantitative estimate of drug-likeness (QED) is 0.473. The molecule has 0 bridgehead atoms. The lowest BCUT2D eigenvalue weighted by Crippen LogP contribution is -2.38. The maximum atomic E-state index is 13.7. The van der Waals surface area contributed by atoms with E-state index in [9.17, 15) is 4.39 Å². The summed E-state index contributed by atoms with van der Waals surface area (Å²) in [4.78, 5) is 4.09. The molecule has 1 aliphatic rings. The van der Waals surface area contributed by atoms with Crippen LogP contribution >= 0.6 is 24.0 Å². The van der Waals surface area contributed by atoms with Gasteiger partial charge < -0.3 is 10.6 Å². The fourth-order valence-electron chi connectivity index (χ4n) is 1.72. The Kier molecular flexibility index (Phi) is 6.71. The van der Waals surface area contributed by atoms with E-state index < -0.39 is 0 Å². The standard InChI is InChI=1S/C14H17FN4.HI/c1-17-14(18-8-10-2-3-10)19-9-12-5-4-11(7-16)6-13(12)15;/h4-6,10H,2-3,8-9H2,1H3,(H2,17,18,19);1H. The van der Waals surface area contributed by atoms with E-state index in [0.717, 1.165) is 12.5 Å². The van der Waals surface area contributed by atoms with Crippen molar-refractivity contribution in [3.05, 3.63) is 35.1 Å². The summed E-state index contributed by atoms with van der Waals surface area (Å²) in [5.41, 5.74) is 0.853. The minimum atomic E-state index is -0.371. The van der Waals surface area contributed by atoms with Crippen LogP contribution in [-0.4, -0.2) is 19.6 Å². The highest BCUT2D eigenvalue weighted by Gasteiger charge is 2.21. The van der Waals surface area contributed by atoms with Gasteiger partial charge in [-0.1, -0.05) is 6.07 Å². The fourth-order valence-corrected chi connectivity index (χ4v) is 1.72. The molecule has 2 N–H and O–H groups in total. The molecule has 0 saturated heterocycles. The van der Waals surface area contributed by atoms with Gasteiger partial charge in [0.25, 0.3) is 0 Å². The Morgan fingerprint density at radius 1 is 1.45 bits per heavy atom. The zero-order chi connectivity index (χ0) is 13.7. The topological polar surface area (TPSA) is 60.2 Å². The molecule has 0 radical (unpaired) electrons. The number of hydrogen-bond acceptors (Lipinski definition) is 2. The third kappa shape index (κ3) is 4.96. The van der Waals surface area contributed by atoms with Crippen LogP contribution in [0.15, 0.2) is 23.2 Å². The molecule has 1 aliphatic carbocycles. The Labute approximate surface area is 135 Å². The first kappa shape index (κ1) is 16.7. The van der Waals surface area contributed by atoms with Gasteiger partial charge in [0.05, 0.1) is 11.6 Å². The number of nitrogens with one attached hydrogen (secondary N) is 2. The second-order valence-corrected chi connectivity index (χ2v) is 4.67. The monoisotopic (exact) mass is 388 g/mol. The lowest BCUT2D eigenvalue weighted by Gasteiger charge is -2.12. The molecule has 1 aromatic rings. The SMILES string of the molecule is CN=C(NCc1ccc(C#N)cc1F)NCC1CC1.I. The molecular weight excluding hydrogens is 370 g/mol. The van der Waals surface area contributed by atoms with Crippen LogP contribution in [-0.2, 0) is 6.54 Å². The number of nitrogens with zero attached hydrogens (tertiary/aromatic N) is 2. The van der Waals surface area contributed by atoms with Gasteiger partial charge in [0, 0.05) is 25.7 Å². The molecule has 108 valence electrons. The molecule has 6 heteroatoms. The van der Waals surface area contributed by atoms with Crippen LogP contribution in [0.1, 0.15) is 24.0 Å². The minimum Gasteiger partial charge on any atom is -0.356 e. The summed E-state index contributed by atoms with van der Waals surface area (Å²) in [6.45, 7) is 1.26. The van der Waals surface area contributed by atoms with E-state index in [0.29, 0.717) is 23.6 Å². The van der Waals surface area contributed by atoms with Crippen molar-refractivity contribution < 1.29 is 4.39 Å². The van der Waals surface area contributed by atoms with Crippen molar-refractivity contribution >= 4 is 29.9 Å². The highest BCUT2D eigenvalue weighted by molar-refractivity contribution is 14.0. The van der Waals surface area contributed by atoms with Crippen molar-refractivity contribution in [1.82, 2.24) is 10.6 Å². The van der Waals surface area contributed by atoms with Crippen molar-refractivity contribution in [2.24, 2.45) is 10.9 Å². The van der Waals surface area contributed by atoms with Gasteiger partial charge >= 0.3 is 0 Å². The number of rotatable bonds is 4. The molecule has 20 heavy (non-hydrogen) atoms. The van der Waals surface area contributed by atoms with Gasteiger partial charge in [-0.3, -0.25) is 4.99 Å². The molecule has 0 heterocycles. The van der Waals surface area contributed by atoms with E-state index in [1.165, 1.54) is 18.9 Å². The summed E-state index contributed by atoms with van der Waals surface area (Å²) in [5.74, 6) is 1.06. The van der Waals surface area contributed by atoms with Crippen LogP contribution < -0.4 is 10.6 Å². The molecule has 0 spiro atoms. The van der Waals surface area contributed by atoms with E-state index in [1.54, 1.807) is 19.2 Å². The number of hydrogen-bond donors (Lipinski definition) is 2. The first-order chi connectivity index (χ1) is 9.22. The summed E-state index contributed by atoms with van der Waals surface area (Å²) in [6.07, 6.45) is 2.54. The highest BCUT2D eigenvalue weighted by atomic mass is 127. The largest absolute Gasteiger partial charge is 0.356 e. The van der Waals surface area contributed by atoms with Crippen molar-refractivity contribution in [2.75, 3.05) is 13.6 Å². The first-order valence-electron chi connectivity index (χ1n) is 6.36. The van der Waals surface area contributed by atoms with Crippen LogP contribution in [0.25, 0.3) is 0 Å². The Morgan fingerprint density at radius 2 is 2.20 bits per heavy atom. The maximum Gasteiger partial charge on any atom is 0.191 e. The van der Waals surface area contributed by atoms with Crippen LogP contribution in [0, 0.1) is 23.1 Å². The molecule has 0 aliphatic heterocycles. The Balaban J connectivity index is 0.00000200. The number of halogens is 2. The lowest BCUT2D eigenvalue weighted by molar-refractivity contribution is 0.603. The smallest absolute Gasteiger partial charge is 0.191 e. The van der Waals surface area contributed by atoms with Gasteiger partial charge in [-0.2, -0.15) is 5.26 Å². The molecule has 0 amide bonds. The third-order valence-corrected chi connectivity index (χ3v) is 3.11. The second kappa shape index (κ2) is 8.04. The first-order valence-corrected chi connectivity index (χ1v) is 6.36. The molecule has 1 aromatic carbocycles. The average molecular weight is 388 g/mol. The molecule has 4 nitrogen and oxygen atoms in total. The maximum absolute atomic E-state index is 13.7.